The highest BCUT2D eigenvalue weighted by molar-refractivity contribution is 7.84. The van der Waals surface area contributed by atoms with Gasteiger partial charge in [0.2, 0.25) is 11.8 Å². The van der Waals surface area contributed by atoms with Gasteiger partial charge < -0.3 is 31.1 Å². The van der Waals surface area contributed by atoms with Gasteiger partial charge in [-0.1, -0.05) is 0 Å². The molecule has 0 bridgehead atoms. The van der Waals surface area contributed by atoms with Crippen LogP contribution in [0.1, 0.15) is 82.8 Å². The number of H-pyrrole nitrogens is 1. The molecule has 6 N–H and O–H groups in total. The lowest BCUT2D eigenvalue weighted by Crippen LogP contribution is -2.36. The number of carbonyl (C=O) groups is 4. The van der Waals surface area contributed by atoms with E-state index < -0.39 is 11.9 Å². The molecule has 5 atom stereocenters. The fourth-order valence-electron chi connectivity index (χ4n) is 6.93. The zero-order valence-corrected chi connectivity index (χ0v) is 28.4. The zero-order chi connectivity index (χ0) is 33.3. The first-order valence-corrected chi connectivity index (χ1v) is 16.3. The van der Waals surface area contributed by atoms with Gasteiger partial charge in [-0.05, 0) is 105 Å². The smallest absolute Gasteiger partial charge is 0.303 e. The molecule has 1 aromatic heterocycles. The monoisotopic (exact) mass is 656 g/mol. The maximum absolute atomic E-state index is 12.6. The van der Waals surface area contributed by atoms with Crippen molar-refractivity contribution in [3.63, 3.8) is 0 Å². The summed E-state index contributed by atoms with van der Waals surface area (Å²) >= 11 is 9.03. The number of amides is 2. The first-order chi connectivity index (χ1) is 21.1. The third-order valence-electron chi connectivity index (χ3n) is 9.40. The van der Waals surface area contributed by atoms with E-state index in [1.54, 1.807) is 0 Å². The van der Waals surface area contributed by atoms with Crippen molar-refractivity contribution >= 4 is 55.1 Å². The van der Waals surface area contributed by atoms with Crippen LogP contribution in [-0.2, 0) is 32.0 Å². The SMILES string of the molecule is CC1=C(CCC(=O)O)/C(=C/c2[nH]c(C[C@@H]3NC(=O)C(C)/C3=C(\C)S)c(C)c2CCC(=O)O)NC1C[C@H]1NC(=O)C([C@@H](C)S)=C1C. The Morgan fingerprint density at radius 1 is 0.956 bits per heavy atom. The third kappa shape index (κ3) is 7.38. The van der Waals surface area contributed by atoms with Gasteiger partial charge in [0, 0.05) is 53.2 Å². The summed E-state index contributed by atoms with van der Waals surface area (Å²) in [5.74, 6) is -2.25. The normalized spacial score (nSPS) is 26.0. The number of allylic oxidation sites excluding steroid dienone is 2. The highest BCUT2D eigenvalue weighted by Gasteiger charge is 2.37. The molecule has 2 amide bonds. The lowest BCUT2D eigenvalue weighted by Gasteiger charge is -2.20. The quantitative estimate of drug-likeness (QED) is 0.156. The topological polar surface area (TPSA) is 161 Å². The fourth-order valence-corrected chi connectivity index (χ4v) is 7.60. The molecule has 1 fully saturated rings. The minimum atomic E-state index is -0.905. The number of aliphatic carboxylic acids is 2. The van der Waals surface area contributed by atoms with Gasteiger partial charge in [-0.2, -0.15) is 12.6 Å². The molecule has 3 aliphatic rings. The summed E-state index contributed by atoms with van der Waals surface area (Å²) < 4.78 is 0. The van der Waals surface area contributed by atoms with Gasteiger partial charge in [-0.25, -0.2) is 0 Å². The number of hydrogen-bond acceptors (Lipinski definition) is 7. The first-order valence-electron chi connectivity index (χ1n) is 15.3. The Morgan fingerprint density at radius 3 is 2.16 bits per heavy atom. The van der Waals surface area contributed by atoms with Crippen LogP contribution in [0.25, 0.3) is 6.08 Å². The predicted octanol–water partition coefficient (Wildman–Crippen LogP) is 4.24. The second kappa shape index (κ2) is 13.9. The molecule has 1 saturated heterocycles. The number of thiol groups is 2. The first kappa shape index (κ1) is 34.5. The van der Waals surface area contributed by atoms with Gasteiger partial charge in [0.25, 0.3) is 0 Å². The van der Waals surface area contributed by atoms with Crippen LogP contribution in [0.2, 0.25) is 0 Å². The molecule has 3 aliphatic heterocycles. The molecule has 12 heteroatoms. The number of nitrogens with one attached hydrogen (secondary N) is 4. The highest BCUT2D eigenvalue weighted by Crippen LogP contribution is 2.36. The Bertz CT molecular complexity index is 1550. The third-order valence-corrected chi connectivity index (χ3v) is 9.92. The Hall–Kier alpha value is -3.38. The minimum Gasteiger partial charge on any atom is -0.481 e. The standard InChI is InChI=1S/C33H44N4O6S2/c1-14-20(7-9-28(38)39)25(34-22(14)11-24-16(3)31(19(6)45)33(43)36-24)13-26-21(8-10-29(40)41)15(2)23(35-26)12-27-30(18(5)44)17(4)32(42)37-27/h13,17,19,22,24,27,34-35,44-45H,7-12H2,1-6H3,(H,36,43)(H,37,42)(H,38,39)(H,40,41)/b25-13-,30-18-/t17?,19-,22?,24-,27+/m1/s1. The molecule has 1 aromatic rings. The number of carboxylic acids is 2. The minimum absolute atomic E-state index is 0.0442. The second-order valence-electron chi connectivity index (χ2n) is 12.4. The van der Waals surface area contributed by atoms with Crippen LogP contribution in [-0.4, -0.2) is 62.3 Å². The summed E-state index contributed by atoms with van der Waals surface area (Å²) in [4.78, 5) is 52.6. The Morgan fingerprint density at radius 2 is 1.58 bits per heavy atom. The van der Waals surface area contributed by atoms with Gasteiger partial charge in [-0.15, -0.1) is 12.6 Å². The number of aromatic nitrogens is 1. The Kier molecular flexibility index (Phi) is 10.7. The Balaban J connectivity index is 1.71. The number of carbonyl (C=O) groups excluding carboxylic acids is 2. The number of hydrogen-bond donors (Lipinski definition) is 8. The van der Waals surface area contributed by atoms with Crippen LogP contribution in [0.4, 0.5) is 0 Å². The molecule has 10 nitrogen and oxygen atoms in total. The van der Waals surface area contributed by atoms with E-state index in [9.17, 15) is 29.4 Å². The summed E-state index contributed by atoms with van der Waals surface area (Å²) in [7, 11) is 0. The molecule has 244 valence electrons. The van der Waals surface area contributed by atoms with Crippen LogP contribution in [0, 0.1) is 12.8 Å². The van der Waals surface area contributed by atoms with Gasteiger partial charge in [-0.3, -0.25) is 19.2 Å². The fraction of sp³-hybridized carbons (Fsp3) is 0.515. The molecular weight excluding hydrogens is 613 g/mol. The molecule has 0 spiro atoms. The highest BCUT2D eigenvalue weighted by atomic mass is 32.1. The lowest BCUT2D eigenvalue weighted by atomic mass is 9.94. The molecule has 0 saturated carbocycles. The summed E-state index contributed by atoms with van der Waals surface area (Å²) in [6.07, 6.45) is 3.55. The summed E-state index contributed by atoms with van der Waals surface area (Å²) in [5, 5.41) is 28.5. The number of carboxylic acid groups (broad SMARTS) is 2. The van der Waals surface area contributed by atoms with Crippen molar-refractivity contribution in [2.75, 3.05) is 0 Å². The van der Waals surface area contributed by atoms with Crippen LogP contribution < -0.4 is 16.0 Å². The van der Waals surface area contributed by atoms with Crippen molar-refractivity contribution in [2.45, 2.75) is 103 Å². The van der Waals surface area contributed by atoms with E-state index >= 15 is 0 Å². The van der Waals surface area contributed by atoms with Crippen LogP contribution >= 0.6 is 25.3 Å². The van der Waals surface area contributed by atoms with E-state index in [0.29, 0.717) is 31.3 Å². The number of rotatable bonds is 12. The van der Waals surface area contributed by atoms with Crippen molar-refractivity contribution in [3.8, 4) is 0 Å². The van der Waals surface area contributed by atoms with Crippen molar-refractivity contribution in [3.05, 3.63) is 61.0 Å². The molecule has 2 unspecified atom stereocenters. The van der Waals surface area contributed by atoms with E-state index in [0.717, 1.165) is 55.4 Å². The maximum Gasteiger partial charge on any atom is 0.303 e. The van der Waals surface area contributed by atoms with Gasteiger partial charge in [0.15, 0.2) is 0 Å². The van der Waals surface area contributed by atoms with E-state index in [2.05, 4.69) is 46.2 Å². The number of aromatic amines is 1. The molecule has 45 heavy (non-hydrogen) atoms. The van der Waals surface area contributed by atoms with Gasteiger partial charge >= 0.3 is 11.9 Å². The van der Waals surface area contributed by atoms with Crippen molar-refractivity contribution in [1.29, 1.82) is 0 Å². The van der Waals surface area contributed by atoms with Crippen LogP contribution in [0.5, 0.6) is 0 Å². The zero-order valence-electron chi connectivity index (χ0n) is 26.6. The van der Waals surface area contributed by atoms with Crippen molar-refractivity contribution < 1.29 is 29.4 Å². The van der Waals surface area contributed by atoms with E-state index in [-0.39, 0.29) is 53.9 Å². The average molecular weight is 657 g/mol. The van der Waals surface area contributed by atoms with Crippen LogP contribution in [0.3, 0.4) is 0 Å². The van der Waals surface area contributed by atoms with Crippen LogP contribution in [0.15, 0.2) is 38.5 Å². The van der Waals surface area contributed by atoms with E-state index in [1.807, 2.05) is 47.6 Å². The predicted molar refractivity (Wildman–Crippen MR) is 180 cm³/mol. The largest absolute Gasteiger partial charge is 0.481 e. The average Bonchev–Trinajstić information content (AvgIpc) is 3.59. The maximum atomic E-state index is 12.6. The summed E-state index contributed by atoms with van der Waals surface area (Å²) in [6.45, 7) is 11.5. The molecular formula is C33H44N4O6S2. The summed E-state index contributed by atoms with van der Waals surface area (Å²) in [6, 6.07) is -0.559. The van der Waals surface area contributed by atoms with E-state index in [1.165, 1.54) is 0 Å². The Labute approximate surface area is 275 Å². The summed E-state index contributed by atoms with van der Waals surface area (Å²) in [5.41, 5.74) is 8.67. The van der Waals surface area contributed by atoms with Crippen molar-refractivity contribution in [2.24, 2.45) is 5.92 Å². The lowest BCUT2D eigenvalue weighted by molar-refractivity contribution is -0.138. The molecule has 0 radical (unpaired) electrons. The molecule has 0 aromatic carbocycles. The molecule has 4 heterocycles. The second-order valence-corrected chi connectivity index (χ2v) is 13.8. The molecule has 4 rings (SSSR count). The van der Waals surface area contributed by atoms with Gasteiger partial charge in [0.1, 0.15) is 0 Å². The van der Waals surface area contributed by atoms with Gasteiger partial charge in [0.05, 0.1) is 18.0 Å². The molecule has 0 aliphatic carbocycles. The van der Waals surface area contributed by atoms with Crippen molar-refractivity contribution in [1.82, 2.24) is 20.9 Å². The van der Waals surface area contributed by atoms with E-state index in [4.69, 9.17) is 0 Å².